The molecule has 0 atom stereocenters. The van der Waals surface area contributed by atoms with Gasteiger partial charge >= 0.3 is 0 Å². The van der Waals surface area contributed by atoms with Crippen LogP contribution < -0.4 is 16.6 Å². The molecule has 2 rings (SSSR count). The molecule has 0 fully saturated rings. The number of amides is 1. The number of nitrogens with one attached hydrogen (secondary N) is 2. The smallest absolute Gasteiger partial charge is 0.256 e. The molecule has 0 saturated heterocycles. The topological polar surface area (TPSA) is 108 Å². The predicted octanol–water partition coefficient (Wildman–Crippen LogP) is 0.791. The van der Waals surface area contributed by atoms with Crippen molar-refractivity contribution in [2.24, 2.45) is 5.73 Å². The Hall–Kier alpha value is -2.60. The first-order valence-electron chi connectivity index (χ1n) is 5.63. The Labute approximate surface area is 108 Å². The van der Waals surface area contributed by atoms with E-state index < -0.39 is 11.5 Å². The lowest BCUT2D eigenvalue weighted by molar-refractivity contribution is 0.102. The van der Waals surface area contributed by atoms with Crippen molar-refractivity contribution < 1.29 is 9.90 Å². The Morgan fingerprint density at radius 3 is 2.74 bits per heavy atom. The largest absolute Gasteiger partial charge is 0.494 e. The second kappa shape index (κ2) is 5.36. The van der Waals surface area contributed by atoms with Crippen molar-refractivity contribution in [1.82, 2.24) is 4.98 Å². The number of aromatic hydroxyl groups is 1. The molecule has 98 valence electrons. The summed E-state index contributed by atoms with van der Waals surface area (Å²) < 4.78 is 0. The molecule has 0 unspecified atom stereocenters. The minimum absolute atomic E-state index is 0.0769. The summed E-state index contributed by atoms with van der Waals surface area (Å²) >= 11 is 0. The maximum absolute atomic E-state index is 12.0. The molecule has 6 heteroatoms. The van der Waals surface area contributed by atoms with E-state index in [4.69, 9.17) is 5.73 Å². The predicted molar refractivity (Wildman–Crippen MR) is 71.0 cm³/mol. The number of pyridine rings is 1. The van der Waals surface area contributed by atoms with Crippen LogP contribution >= 0.6 is 0 Å². The van der Waals surface area contributed by atoms with E-state index >= 15 is 0 Å². The molecule has 1 aromatic heterocycles. The number of rotatable bonds is 3. The standard InChI is InChI=1S/C13H13N3O3/c14-7-8-3-1-2-4-10(8)15-13(19)9-5-11(17)16-12(18)6-9/h1-6H,7,14H2,(H,15,19)(H2,16,17,18). The van der Waals surface area contributed by atoms with Crippen molar-refractivity contribution in [2.45, 2.75) is 6.54 Å². The van der Waals surface area contributed by atoms with E-state index in [9.17, 15) is 14.7 Å². The lowest BCUT2D eigenvalue weighted by Crippen LogP contribution is -2.17. The third-order valence-corrected chi connectivity index (χ3v) is 2.58. The summed E-state index contributed by atoms with van der Waals surface area (Å²) in [5.74, 6) is -0.841. The fourth-order valence-corrected chi connectivity index (χ4v) is 1.67. The molecule has 0 spiro atoms. The van der Waals surface area contributed by atoms with Crippen LogP contribution in [0.4, 0.5) is 5.69 Å². The quantitative estimate of drug-likeness (QED) is 0.653. The summed E-state index contributed by atoms with van der Waals surface area (Å²) in [6.45, 7) is 0.289. The van der Waals surface area contributed by atoms with Crippen LogP contribution in [0.5, 0.6) is 5.88 Å². The molecule has 0 bridgehead atoms. The van der Waals surface area contributed by atoms with Crippen LogP contribution in [0.25, 0.3) is 0 Å². The van der Waals surface area contributed by atoms with E-state index in [1.54, 1.807) is 18.2 Å². The van der Waals surface area contributed by atoms with Gasteiger partial charge in [-0.1, -0.05) is 18.2 Å². The summed E-state index contributed by atoms with van der Waals surface area (Å²) in [4.78, 5) is 25.3. The fraction of sp³-hybridized carbons (Fsp3) is 0.0769. The number of para-hydroxylation sites is 1. The van der Waals surface area contributed by atoms with Gasteiger partial charge in [0.1, 0.15) is 0 Å². The SMILES string of the molecule is NCc1ccccc1NC(=O)c1cc(O)[nH]c(=O)c1. The van der Waals surface area contributed by atoms with Crippen LogP contribution in [0, 0.1) is 0 Å². The maximum Gasteiger partial charge on any atom is 0.256 e. The molecule has 1 amide bonds. The molecule has 2 aromatic rings. The average Bonchev–Trinajstić information content (AvgIpc) is 2.38. The molecule has 6 nitrogen and oxygen atoms in total. The van der Waals surface area contributed by atoms with Crippen molar-refractivity contribution >= 4 is 11.6 Å². The van der Waals surface area contributed by atoms with Crippen LogP contribution in [0.3, 0.4) is 0 Å². The van der Waals surface area contributed by atoms with E-state index in [2.05, 4.69) is 10.3 Å². The molecule has 0 aliphatic carbocycles. The van der Waals surface area contributed by atoms with Crippen molar-refractivity contribution in [1.29, 1.82) is 0 Å². The van der Waals surface area contributed by atoms with Gasteiger partial charge in [0.2, 0.25) is 0 Å². The molecular weight excluding hydrogens is 246 g/mol. The first-order chi connectivity index (χ1) is 9.10. The number of nitrogens with two attached hydrogens (primary N) is 1. The lowest BCUT2D eigenvalue weighted by atomic mass is 10.1. The van der Waals surface area contributed by atoms with Gasteiger partial charge in [0, 0.05) is 24.4 Å². The van der Waals surface area contributed by atoms with Gasteiger partial charge in [0.15, 0.2) is 5.88 Å². The van der Waals surface area contributed by atoms with Crippen LogP contribution in [-0.4, -0.2) is 16.0 Å². The Balaban J connectivity index is 2.28. The number of anilines is 1. The van der Waals surface area contributed by atoms with Gasteiger partial charge in [-0.25, -0.2) is 0 Å². The number of aromatic amines is 1. The van der Waals surface area contributed by atoms with Crippen LogP contribution in [-0.2, 0) is 6.54 Å². The van der Waals surface area contributed by atoms with Gasteiger partial charge in [-0.05, 0) is 11.6 Å². The highest BCUT2D eigenvalue weighted by Crippen LogP contribution is 2.15. The van der Waals surface area contributed by atoms with E-state index in [0.29, 0.717) is 5.69 Å². The Morgan fingerprint density at radius 2 is 2.05 bits per heavy atom. The molecular formula is C13H13N3O3. The molecule has 0 radical (unpaired) electrons. The highest BCUT2D eigenvalue weighted by atomic mass is 16.3. The Kier molecular flexibility index (Phi) is 3.63. The van der Waals surface area contributed by atoms with Crippen molar-refractivity contribution in [3.8, 4) is 5.88 Å². The number of hydrogen-bond acceptors (Lipinski definition) is 4. The van der Waals surface area contributed by atoms with Gasteiger partial charge in [-0.3, -0.25) is 14.6 Å². The number of carbonyl (C=O) groups is 1. The minimum atomic E-state index is -0.544. The number of hydrogen-bond donors (Lipinski definition) is 4. The van der Waals surface area contributed by atoms with E-state index in [-0.39, 0.29) is 18.0 Å². The second-order valence-electron chi connectivity index (χ2n) is 3.93. The van der Waals surface area contributed by atoms with Crippen molar-refractivity contribution in [3.05, 3.63) is 57.9 Å². The van der Waals surface area contributed by atoms with Crippen molar-refractivity contribution in [2.75, 3.05) is 5.32 Å². The number of aromatic nitrogens is 1. The number of carbonyl (C=O) groups excluding carboxylic acids is 1. The highest BCUT2D eigenvalue weighted by Gasteiger charge is 2.10. The van der Waals surface area contributed by atoms with E-state index in [1.807, 2.05) is 6.07 Å². The molecule has 0 saturated carbocycles. The molecule has 1 aromatic carbocycles. The summed E-state index contributed by atoms with van der Waals surface area (Å²) in [6, 6.07) is 9.39. The molecule has 1 heterocycles. The maximum atomic E-state index is 12.0. The van der Waals surface area contributed by atoms with E-state index in [0.717, 1.165) is 11.6 Å². The average molecular weight is 259 g/mol. The van der Waals surface area contributed by atoms with Gasteiger partial charge in [0.05, 0.1) is 5.56 Å². The van der Waals surface area contributed by atoms with E-state index in [1.165, 1.54) is 6.07 Å². The summed E-state index contributed by atoms with van der Waals surface area (Å²) in [7, 11) is 0. The first-order valence-corrected chi connectivity index (χ1v) is 5.63. The Bertz CT molecular complexity index is 664. The monoisotopic (exact) mass is 259 g/mol. The third kappa shape index (κ3) is 2.99. The number of benzene rings is 1. The van der Waals surface area contributed by atoms with Crippen molar-refractivity contribution in [3.63, 3.8) is 0 Å². The van der Waals surface area contributed by atoms with Crippen LogP contribution in [0.1, 0.15) is 15.9 Å². The van der Waals surface area contributed by atoms with Gasteiger partial charge in [-0.2, -0.15) is 0 Å². The lowest BCUT2D eigenvalue weighted by Gasteiger charge is -2.09. The zero-order chi connectivity index (χ0) is 13.8. The van der Waals surface area contributed by atoms with Gasteiger partial charge in [-0.15, -0.1) is 0 Å². The highest BCUT2D eigenvalue weighted by molar-refractivity contribution is 6.04. The summed E-state index contributed by atoms with van der Waals surface area (Å²) in [5.41, 5.74) is 6.46. The van der Waals surface area contributed by atoms with Gasteiger partial charge in [0.25, 0.3) is 11.5 Å². The third-order valence-electron chi connectivity index (χ3n) is 2.58. The van der Waals surface area contributed by atoms with Crippen LogP contribution in [0.2, 0.25) is 0 Å². The molecule has 0 aliphatic rings. The summed E-state index contributed by atoms with van der Waals surface area (Å²) in [6.07, 6.45) is 0. The number of H-pyrrole nitrogens is 1. The minimum Gasteiger partial charge on any atom is -0.494 e. The second-order valence-corrected chi connectivity index (χ2v) is 3.93. The molecule has 5 N–H and O–H groups in total. The first kappa shape index (κ1) is 12.8. The molecule has 0 aliphatic heterocycles. The fourth-order valence-electron chi connectivity index (χ4n) is 1.67. The molecule has 19 heavy (non-hydrogen) atoms. The zero-order valence-corrected chi connectivity index (χ0v) is 10.0. The van der Waals surface area contributed by atoms with Crippen LogP contribution in [0.15, 0.2) is 41.2 Å². The summed E-state index contributed by atoms with van der Waals surface area (Å²) in [5, 5.41) is 11.9. The normalized spacial score (nSPS) is 10.2. The van der Waals surface area contributed by atoms with Gasteiger partial charge < -0.3 is 16.2 Å². The Morgan fingerprint density at radius 1 is 1.32 bits per heavy atom. The zero-order valence-electron chi connectivity index (χ0n) is 10.0.